The molecule has 2 aromatic carbocycles. The second-order valence-electron chi connectivity index (χ2n) is 9.00. The van der Waals surface area contributed by atoms with Gasteiger partial charge in [-0.25, -0.2) is 27.5 Å². The number of nitrogens with one attached hydrogen (secondary N) is 2. The first-order chi connectivity index (χ1) is 18.1. The molecule has 1 saturated heterocycles. The minimum absolute atomic E-state index is 0.0293. The van der Waals surface area contributed by atoms with Gasteiger partial charge in [-0.15, -0.1) is 0 Å². The van der Waals surface area contributed by atoms with Gasteiger partial charge in [0.1, 0.15) is 23.1 Å². The highest BCUT2D eigenvalue weighted by Gasteiger charge is 2.20. The smallest absolute Gasteiger partial charge is 0.309 e. The van der Waals surface area contributed by atoms with Crippen LogP contribution in [-0.2, 0) is 0 Å². The Morgan fingerprint density at radius 1 is 0.974 bits per heavy atom. The van der Waals surface area contributed by atoms with E-state index in [4.69, 9.17) is 0 Å². The number of hydrogen-bond acceptors (Lipinski definition) is 8. The fourth-order valence-corrected chi connectivity index (χ4v) is 5.17. The van der Waals surface area contributed by atoms with Gasteiger partial charge in [-0.1, -0.05) is 11.3 Å². The molecule has 8 nitrogen and oxygen atoms in total. The summed E-state index contributed by atoms with van der Waals surface area (Å²) in [6, 6.07) is 3.91. The van der Waals surface area contributed by atoms with E-state index in [-0.39, 0.29) is 38.8 Å². The first kappa shape index (κ1) is 25.8. The summed E-state index contributed by atoms with van der Waals surface area (Å²) in [4.78, 5) is 34.1. The number of rotatable bonds is 5. The van der Waals surface area contributed by atoms with Crippen molar-refractivity contribution >= 4 is 38.9 Å². The van der Waals surface area contributed by atoms with Gasteiger partial charge in [0.05, 0.1) is 27.8 Å². The second kappa shape index (κ2) is 10.1. The Morgan fingerprint density at radius 3 is 2.42 bits per heavy atom. The predicted molar refractivity (Wildman–Crippen MR) is 138 cm³/mol. The number of anilines is 3. The summed E-state index contributed by atoms with van der Waals surface area (Å²) in [5, 5.41) is 5.70. The fraction of sp³-hybridized carbons (Fsp3) is 0.280. The van der Waals surface area contributed by atoms with Crippen LogP contribution in [0.5, 0.6) is 0 Å². The lowest BCUT2D eigenvalue weighted by Gasteiger charge is -2.30. The molecule has 198 valence electrons. The third-order valence-corrected chi connectivity index (χ3v) is 7.11. The molecule has 5 rings (SSSR count). The van der Waals surface area contributed by atoms with Crippen LogP contribution < -0.4 is 25.8 Å². The standard InChI is InChI=1S/C25H22F4N6O2S/c1-12(2)35-20-8-13(7-16(28)22(20)38-24(37)23(35)36)21-17(29)11-31-25(33-21)32-18-9-15(27)19(10-14(18)26)34-5-3-30-4-6-34/h7-12,30H,3-6H2,1-2H3,(H,31,32,33). The molecule has 1 aliphatic heterocycles. The number of fused-ring (bicyclic) bond motifs is 1. The molecule has 3 heterocycles. The number of piperazine rings is 1. The summed E-state index contributed by atoms with van der Waals surface area (Å²) < 4.78 is 59.8. The molecule has 1 aliphatic rings. The number of aromatic nitrogens is 3. The molecule has 0 unspecified atom stereocenters. The van der Waals surface area contributed by atoms with Crippen molar-refractivity contribution < 1.29 is 17.6 Å². The van der Waals surface area contributed by atoms with E-state index in [0.29, 0.717) is 37.5 Å². The zero-order valence-electron chi connectivity index (χ0n) is 20.3. The molecule has 0 aliphatic carbocycles. The van der Waals surface area contributed by atoms with Crippen molar-refractivity contribution in [1.82, 2.24) is 19.9 Å². The van der Waals surface area contributed by atoms with Crippen LogP contribution in [0.1, 0.15) is 19.9 Å². The third kappa shape index (κ3) is 4.74. The molecule has 2 aromatic heterocycles. The zero-order valence-corrected chi connectivity index (χ0v) is 21.1. The Balaban J connectivity index is 1.54. The van der Waals surface area contributed by atoms with Gasteiger partial charge in [-0.05, 0) is 26.0 Å². The minimum atomic E-state index is -0.905. The van der Waals surface area contributed by atoms with Crippen molar-refractivity contribution in [3.8, 4) is 11.3 Å². The average Bonchev–Trinajstić information content (AvgIpc) is 2.88. The van der Waals surface area contributed by atoms with Gasteiger partial charge in [0.2, 0.25) is 5.95 Å². The van der Waals surface area contributed by atoms with Gasteiger partial charge in [-0.3, -0.25) is 9.59 Å². The quantitative estimate of drug-likeness (QED) is 0.287. The molecular weight excluding hydrogens is 524 g/mol. The number of benzene rings is 2. The summed E-state index contributed by atoms with van der Waals surface area (Å²) >= 11 is 0.467. The lowest BCUT2D eigenvalue weighted by molar-refractivity contribution is 0.559. The monoisotopic (exact) mass is 546 g/mol. The SMILES string of the molecule is CC(C)n1c(=O)c(=O)sc2c(F)cc(-c3nc(Nc4cc(F)c(N5CCNCC5)cc4F)ncc3F)cc21. The molecule has 4 aromatic rings. The lowest BCUT2D eigenvalue weighted by Crippen LogP contribution is -2.43. The molecule has 38 heavy (non-hydrogen) atoms. The molecule has 0 spiro atoms. The maximum absolute atomic E-state index is 15.0. The second-order valence-corrected chi connectivity index (χ2v) is 9.98. The molecule has 0 saturated carbocycles. The van der Waals surface area contributed by atoms with E-state index in [0.717, 1.165) is 29.0 Å². The van der Waals surface area contributed by atoms with Crippen LogP contribution in [0, 0.1) is 23.3 Å². The molecule has 13 heteroatoms. The van der Waals surface area contributed by atoms with E-state index in [1.54, 1.807) is 18.7 Å². The van der Waals surface area contributed by atoms with Crippen molar-refractivity contribution in [3.63, 3.8) is 0 Å². The van der Waals surface area contributed by atoms with E-state index in [1.165, 1.54) is 6.07 Å². The lowest BCUT2D eigenvalue weighted by atomic mass is 10.1. The minimum Gasteiger partial charge on any atom is -0.367 e. The third-order valence-electron chi connectivity index (χ3n) is 6.15. The maximum Gasteiger partial charge on any atom is 0.309 e. The van der Waals surface area contributed by atoms with Crippen molar-refractivity contribution in [1.29, 1.82) is 0 Å². The molecule has 0 atom stereocenters. The zero-order chi connectivity index (χ0) is 27.1. The summed E-state index contributed by atoms with van der Waals surface area (Å²) in [6.07, 6.45) is 0.815. The first-order valence-electron chi connectivity index (χ1n) is 11.8. The van der Waals surface area contributed by atoms with Gasteiger partial charge < -0.3 is 20.1 Å². The van der Waals surface area contributed by atoms with E-state index < -0.39 is 39.6 Å². The summed E-state index contributed by atoms with van der Waals surface area (Å²) in [6.45, 7) is 5.66. The average molecular weight is 547 g/mol. The van der Waals surface area contributed by atoms with Crippen molar-refractivity contribution in [2.24, 2.45) is 0 Å². The Labute approximate surface area is 217 Å². The van der Waals surface area contributed by atoms with Gasteiger partial charge in [-0.2, -0.15) is 0 Å². The van der Waals surface area contributed by atoms with Crippen molar-refractivity contribution in [3.05, 3.63) is 73.6 Å². The molecule has 0 amide bonds. The van der Waals surface area contributed by atoms with Gasteiger partial charge >= 0.3 is 5.56 Å². The summed E-state index contributed by atoms with van der Waals surface area (Å²) in [7, 11) is 0. The number of hydrogen-bond donors (Lipinski definition) is 2. The van der Waals surface area contributed by atoms with Crippen LogP contribution in [0.25, 0.3) is 21.5 Å². The van der Waals surface area contributed by atoms with E-state index >= 15 is 4.39 Å². The first-order valence-corrected chi connectivity index (χ1v) is 12.6. The Kier molecular flexibility index (Phi) is 6.88. The van der Waals surface area contributed by atoms with Gasteiger partial charge in [0.25, 0.3) is 4.74 Å². The van der Waals surface area contributed by atoms with Crippen LogP contribution in [0.2, 0.25) is 0 Å². The van der Waals surface area contributed by atoms with E-state index in [2.05, 4.69) is 20.6 Å². The molecular formula is C25H22F4N6O2S. The summed E-state index contributed by atoms with van der Waals surface area (Å²) in [5.74, 6) is -3.41. The van der Waals surface area contributed by atoms with Gasteiger partial charge in [0.15, 0.2) is 5.82 Å². The largest absolute Gasteiger partial charge is 0.367 e. The molecule has 0 radical (unpaired) electrons. The van der Waals surface area contributed by atoms with E-state index in [9.17, 15) is 22.8 Å². The highest BCUT2D eigenvalue weighted by Crippen LogP contribution is 2.31. The molecule has 0 bridgehead atoms. The van der Waals surface area contributed by atoms with E-state index in [1.807, 2.05) is 0 Å². The van der Waals surface area contributed by atoms with Crippen molar-refractivity contribution in [2.45, 2.75) is 19.9 Å². The van der Waals surface area contributed by atoms with Gasteiger partial charge in [0, 0.05) is 49.9 Å². The highest BCUT2D eigenvalue weighted by molar-refractivity contribution is 7.16. The fourth-order valence-electron chi connectivity index (χ4n) is 4.38. The number of nitrogens with zero attached hydrogens (tertiary/aromatic N) is 4. The highest BCUT2D eigenvalue weighted by atomic mass is 32.1. The van der Waals surface area contributed by atoms with Crippen LogP contribution in [0.15, 0.2) is 40.1 Å². The molecule has 2 N–H and O–H groups in total. The van der Waals surface area contributed by atoms with Crippen LogP contribution in [-0.4, -0.2) is 40.7 Å². The topological polar surface area (TPSA) is 92.2 Å². The van der Waals surface area contributed by atoms with Crippen LogP contribution in [0.3, 0.4) is 0 Å². The predicted octanol–water partition coefficient (Wildman–Crippen LogP) is 4.17. The van der Waals surface area contributed by atoms with Crippen LogP contribution in [0.4, 0.5) is 34.9 Å². The molecule has 1 fully saturated rings. The maximum atomic E-state index is 15.0. The van der Waals surface area contributed by atoms with Crippen LogP contribution >= 0.6 is 11.3 Å². The Hall–Kier alpha value is -3.84. The Morgan fingerprint density at radius 2 is 1.71 bits per heavy atom. The van der Waals surface area contributed by atoms with Crippen molar-refractivity contribution in [2.75, 3.05) is 36.4 Å². The number of halogens is 4. The normalized spacial score (nSPS) is 13.9. The summed E-state index contributed by atoms with van der Waals surface area (Å²) in [5.41, 5.74) is -1.21. The Bertz CT molecular complexity index is 1670.